The van der Waals surface area contributed by atoms with Gasteiger partial charge >= 0.3 is 5.97 Å². The Balaban J connectivity index is 1.35. The van der Waals surface area contributed by atoms with E-state index in [1.54, 1.807) is 13.3 Å². The zero-order valence-corrected chi connectivity index (χ0v) is 22.6. The number of benzene rings is 2. The van der Waals surface area contributed by atoms with E-state index in [1.807, 2.05) is 36.0 Å². The monoisotopic (exact) mass is 522 g/mol. The van der Waals surface area contributed by atoms with E-state index in [2.05, 4.69) is 41.1 Å². The number of fused-ring (bicyclic) bond motifs is 1. The van der Waals surface area contributed by atoms with Gasteiger partial charge < -0.3 is 19.8 Å². The van der Waals surface area contributed by atoms with E-state index in [1.165, 1.54) is 10.5 Å². The smallest absolute Gasteiger partial charge is 0.303 e. The zero-order chi connectivity index (χ0) is 26.2. The minimum absolute atomic E-state index is 0.199. The Labute approximate surface area is 224 Å². The summed E-state index contributed by atoms with van der Waals surface area (Å²) in [5, 5.41) is 21.4. The van der Waals surface area contributed by atoms with Gasteiger partial charge in [-0.25, -0.2) is 0 Å². The lowest BCUT2D eigenvalue weighted by molar-refractivity contribution is -0.137. The summed E-state index contributed by atoms with van der Waals surface area (Å²) in [6.07, 6.45) is 4.60. The molecule has 37 heavy (non-hydrogen) atoms. The summed E-state index contributed by atoms with van der Waals surface area (Å²) in [5.41, 5.74) is 3.02. The van der Waals surface area contributed by atoms with Crippen LogP contribution >= 0.6 is 11.8 Å². The van der Waals surface area contributed by atoms with Crippen LogP contribution in [0.5, 0.6) is 5.75 Å². The number of rotatable bonds is 12. The first-order chi connectivity index (χ1) is 17.9. The van der Waals surface area contributed by atoms with Crippen molar-refractivity contribution in [1.29, 1.82) is 0 Å². The number of aliphatic carboxylic acids is 1. The Kier molecular flexibility index (Phi) is 9.83. The molecule has 1 fully saturated rings. The first kappa shape index (κ1) is 27.4. The molecule has 0 saturated carbocycles. The maximum atomic E-state index is 11.3. The summed E-state index contributed by atoms with van der Waals surface area (Å²) in [7, 11) is 1.64. The number of hydrogen-bond acceptors (Lipinski definition) is 6. The van der Waals surface area contributed by atoms with Crippen LogP contribution < -0.4 is 4.74 Å². The van der Waals surface area contributed by atoms with E-state index < -0.39 is 12.1 Å². The van der Waals surface area contributed by atoms with Crippen LogP contribution in [-0.4, -0.2) is 58.6 Å². The molecule has 1 saturated heterocycles. The van der Waals surface area contributed by atoms with E-state index in [-0.39, 0.29) is 6.42 Å². The minimum Gasteiger partial charge on any atom is -0.497 e. The Bertz CT molecular complexity index is 1190. The summed E-state index contributed by atoms with van der Waals surface area (Å²) < 4.78 is 5.38. The topological polar surface area (TPSA) is 82.9 Å². The molecule has 0 amide bonds. The molecule has 0 aliphatic carbocycles. The van der Waals surface area contributed by atoms with Crippen molar-refractivity contribution < 1.29 is 19.7 Å². The van der Waals surface area contributed by atoms with E-state index >= 15 is 0 Å². The first-order valence-corrected chi connectivity index (χ1v) is 14.2. The van der Waals surface area contributed by atoms with Gasteiger partial charge in [-0.1, -0.05) is 18.2 Å². The van der Waals surface area contributed by atoms with Crippen molar-refractivity contribution in [2.75, 3.05) is 32.5 Å². The third kappa shape index (κ3) is 7.46. The molecule has 3 aromatic rings. The Morgan fingerprint density at radius 2 is 2.03 bits per heavy atom. The molecule has 1 unspecified atom stereocenters. The number of methoxy groups -OCH3 is 1. The van der Waals surface area contributed by atoms with Crippen LogP contribution in [0.3, 0.4) is 0 Å². The highest BCUT2D eigenvalue weighted by Gasteiger charge is 2.30. The highest BCUT2D eigenvalue weighted by Crippen LogP contribution is 2.35. The van der Waals surface area contributed by atoms with Gasteiger partial charge in [-0.05, 0) is 92.4 Å². The van der Waals surface area contributed by atoms with Crippen molar-refractivity contribution >= 4 is 28.6 Å². The van der Waals surface area contributed by atoms with Gasteiger partial charge in [0.15, 0.2) is 0 Å². The molecule has 0 spiro atoms. The molecule has 7 heteroatoms. The molecule has 0 radical (unpaired) electrons. The number of nitrogens with zero attached hydrogens (tertiary/aromatic N) is 2. The second-order valence-electron chi connectivity index (χ2n) is 10.0. The van der Waals surface area contributed by atoms with Gasteiger partial charge in [-0.2, -0.15) is 0 Å². The van der Waals surface area contributed by atoms with Crippen molar-refractivity contribution in [1.82, 2.24) is 9.88 Å². The van der Waals surface area contributed by atoms with Crippen LogP contribution in [-0.2, 0) is 4.79 Å². The molecule has 2 heterocycles. The third-order valence-electron chi connectivity index (χ3n) is 7.62. The predicted molar refractivity (Wildman–Crippen MR) is 149 cm³/mol. The van der Waals surface area contributed by atoms with Gasteiger partial charge in [0.25, 0.3) is 0 Å². The molecule has 6 nitrogen and oxygen atoms in total. The van der Waals surface area contributed by atoms with Crippen molar-refractivity contribution in [3.05, 3.63) is 65.9 Å². The van der Waals surface area contributed by atoms with Crippen LogP contribution in [0.1, 0.15) is 49.3 Å². The number of thioether (sulfide) groups is 1. The standard InChI is InChI=1S/C30H38N2O4S/c1-21-5-3-4-6-29(21)37-18-17-32-16-14-22(23(20-32)8-12-30(34)35)7-11-28(33)25-13-15-31-27-10-9-24(36-2)19-26(25)27/h3-6,9-10,13,15,19,22-23,28,33H,7-8,11-12,14,16-18,20H2,1-2H3,(H,34,35)/t22-,23+,28?/m1/s1. The average molecular weight is 523 g/mol. The molecule has 198 valence electrons. The lowest BCUT2D eigenvalue weighted by atomic mass is 9.79. The number of piperidine rings is 1. The van der Waals surface area contributed by atoms with E-state index in [4.69, 9.17) is 4.74 Å². The van der Waals surface area contributed by atoms with Gasteiger partial charge in [0.1, 0.15) is 5.75 Å². The van der Waals surface area contributed by atoms with Crippen molar-refractivity contribution in [2.45, 2.75) is 50.0 Å². The number of pyridine rings is 1. The molecule has 1 aliphatic heterocycles. The summed E-state index contributed by atoms with van der Waals surface area (Å²) >= 11 is 1.89. The molecule has 2 aromatic carbocycles. The highest BCUT2D eigenvalue weighted by molar-refractivity contribution is 7.99. The van der Waals surface area contributed by atoms with E-state index in [0.29, 0.717) is 24.7 Å². The Morgan fingerprint density at radius 1 is 1.19 bits per heavy atom. The number of ether oxygens (including phenoxy) is 1. The minimum atomic E-state index is -0.733. The van der Waals surface area contributed by atoms with Gasteiger partial charge in [0.05, 0.1) is 18.7 Å². The number of hydrogen-bond donors (Lipinski definition) is 2. The van der Waals surface area contributed by atoms with Crippen LogP contribution in [0.15, 0.2) is 59.6 Å². The van der Waals surface area contributed by atoms with Crippen LogP contribution in [0.4, 0.5) is 0 Å². The first-order valence-electron chi connectivity index (χ1n) is 13.2. The summed E-state index contributed by atoms with van der Waals surface area (Å²) in [6, 6.07) is 16.1. The summed E-state index contributed by atoms with van der Waals surface area (Å²) in [5.74, 6) is 1.78. The Hall–Kier alpha value is -2.61. The number of carbonyl (C=O) groups is 1. The number of carboxylic acid groups (broad SMARTS) is 1. The van der Waals surface area contributed by atoms with Gasteiger partial charge in [0, 0.05) is 41.7 Å². The number of aliphatic hydroxyl groups is 1. The second-order valence-corrected chi connectivity index (χ2v) is 11.2. The fraction of sp³-hybridized carbons (Fsp3) is 0.467. The second kappa shape index (κ2) is 13.3. The number of aromatic nitrogens is 1. The maximum Gasteiger partial charge on any atom is 0.303 e. The molecular formula is C30H38N2O4S. The van der Waals surface area contributed by atoms with Crippen LogP contribution in [0.2, 0.25) is 0 Å². The van der Waals surface area contributed by atoms with Crippen molar-refractivity contribution in [3.63, 3.8) is 0 Å². The molecule has 0 bridgehead atoms. The van der Waals surface area contributed by atoms with Crippen LogP contribution in [0.25, 0.3) is 10.9 Å². The quantitative estimate of drug-likeness (QED) is 0.284. The lowest BCUT2D eigenvalue weighted by Gasteiger charge is -2.39. The number of likely N-dealkylation sites (tertiary alicyclic amines) is 1. The maximum absolute atomic E-state index is 11.3. The SMILES string of the molecule is COc1ccc2nccc(C(O)CC[C@@H]3CCN(CCSc4ccccc4C)C[C@@H]3CCC(=O)O)c2c1. The molecule has 2 N–H and O–H groups in total. The predicted octanol–water partition coefficient (Wildman–Crippen LogP) is 5.96. The normalized spacial score (nSPS) is 19.1. The third-order valence-corrected chi connectivity index (χ3v) is 8.77. The molecule has 3 atom stereocenters. The fourth-order valence-corrected chi connectivity index (χ4v) is 6.51. The molecular weight excluding hydrogens is 484 g/mol. The summed E-state index contributed by atoms with van der Waals surface area (Å²) in [4.78, 5) is 19.6. The molecule has 4 rings (SSSR count). The van der Waals surface area contributed by atoms with E-state index in [0.717, 1.165) is 60.4 Å². The van der Waals surface area contributed by atoms with Gasteiger partial charge in [-0.15, -0.1) is 11.8 Å². The lowest BCUT2D eigenvalue weighted by Crippen LogP contribution is -2.41. The number of aryl methyl sites for hydroxylation is 1. The number of aliphatic hydroxyl groups excluding tert-OH is 1. The highest BCUT2D eigenvalue weighted by atomic mass is 32.2. The summed E-state index contributed by atoms with van der Waals surface area (Å²) in [6.45, 7) is 5.10. The zero-order valence-electron chi connectivity index (χ0n) is 21.8. The molecule has 1 aliphatic rings. The molecule has 1 aromatic heterocycles. The largest absolute Gasteiger partial charge is 0.497 e. The fourth-order valence-electron chi connectivity index (χ4n) is 5.47. The Morgan fingerprint density at radius 3 is 2.81 bits per heavy atom. The van der Waals surface area contributed by atoms with Gasteiger partial charge in [0.2, 0.25) is 0 Å². The van der Waals surface area contributed by atoms with Crippen molar-refractivity contribution in [3.8, 4) is 5.75 Å². The average Bonchev–Trinajstić information content (AvgIpc) is 2.91. The van der Waals surface area contributed by atoms with E-state index in [9.17, 15) is 15.0 Å². The van der Waals surface area contributed by atoms with Gasteiger partial charge in [-0.3, -0.25) is 9.78 Å². The van der Waals surface area contributed by atoms with Crippen molar-refractivity contribution in [2.24, 2.45) is 11.8 Å². The van der Waals surface area contributed by atoms with Crippen LogP contribution in [0, 0.1) is 18.8 Å². The number of carboxylic acids is 1.